The third-order valence-electron chi connectivity index (χ3n) is 7.18. The Bertz CT molecular complexity index is 1350. The second kappa shape index (κ2) is 8.58. The number of nitrogens with zero attached hydrogens (tertiary/aromatic N) is 1. The maximum absolute atomic E-state index is 14.2. The molecule has 0 saturated carbocycles. The summed E-state index contributed by atoms with van der Waals surface area (Å²) in [6.07, 6.45) is 1.71. The van der Waals surface area contributed by atoms with Crippen LogP contribution in [0.2, 0.25) is 0 Å². The lowest BCUT2D eigenvalue weighted by molar-refractivity contribution is -0.178. The monoisotopic (exact) mass is 503 g/mol. The van der Waals surface area contributed by atoms with Gasteiger partial charge in [-0.2, -0.15) is 0 Å². The number of ether oxygens (including phenoxy) is 3. The highest BCUT2D eigenvalue weighted by Gasteiger charge is 2.73. The topological polar surface area (TPSA) is 82.1 Å². The van der Waals surface area contributed by atoms with E-state index in [1.54, 1.807) is 42.5 Å². The molecule has 2 bridgehead atoms. The molecule has 0 aromatic heterocycles. The lowest BCUT2D eigenvalue weighted by Crippen LogP contribution is -2.54. The van der Waals surface area contributed by atoms with E-state index < -0.39 is 51.3 Å². The van der Waals surface area contributed by atoms with Crippen molar-refractivity contribution in [1.82, 2.24) is 4.90 Å². The van der Waals surface area contributed by atoms with E-state index in [4.69, 9.17) is 14.2 Å². The van der Waals surface area contributed by atoms with Gasteiger partial charge in [-0.25, -0.2) is 13.2 Å². The molecule has 2 fully saturated rings. The standard InChI is InChI=1S/C28H25NO6S/c1-33-27(30)29-22-17-18-23(29)28(26(22)36(31,32)21-15-9-4-10-16-21)34-24(19-11-5-2-6-12-19)25(35-28)20-13-7-3-8-14-20/h2-18,22-26H,1H3/t22-,23+,24+,25+,26-/m0/s1. The van der Waals surface area contributed by atoms with Crippen LogP contribution < -0.4 is 0 Å². The van der Waals surface area contributed by atoms with Crippen LogP contribution in [0, 0.1) is 0 Å². The summed E-state index contributed by atoms with van der Waals surface area (Å²) >= 11 is 0. The smallest absolute Gasteiger partial charge is 0.410 e. The summed E-state index contributed by atoms with van der Waals surface area (Å²) in [6, 6.07) is 25.8. The maximum Gasteiger partial charge on any atom is 0.410 e. The number of benzene rings is 3. The molecule has 7 nitrogen and oxygen atoms in total. The molecule has 8 heteroatoms. The van der Waals surface area contributed by atoms with Gasteiger partial charge in [0.05, 0.1) is 18.0 Å². The van der Waals surface area contributed by atoms with Gasteiger partial charge in [-0.3, -0.25) is 4.90 Å². The Morgan fingerprint density at radius 3 is 1.81 bits per heavy atom. The molecule has 2 saturated heterocycles. The zero-order chi connectivity index (χ0) is 24.9. The highest BCUT2D eigenvalue weighted by molar-refractivity contribution is 7.92. The summed E-state index contributed by atoms with van der Waals surface area (Å²) in [5.41, 5.74) is 1.71. The zero-order valence-electron chi connectivity index (χ0n) is 19.5. The summed E-state index contributed by atoms with van der Waals surface area (Å²) in [5.74, 6) is -1.64. The highest BCUT2D eigenvalue weighted by atomic mass is 32.2. The van der Waals surface area contributed by atoms with Crippen molar-refractivity contribution in [3.8, 4) is 0 Å². The zero-order valence-corrected chi connectivity index (χ0v) is 20.3. The lowest BCUT2D eigenvalue weighted by Gasteiger charge is -2.35. The Labute approximate surface area is 209 Å². The Kier molecular flexibility index (Phi) is 5.48. The molecule has 5 atom stereocenters. The van der Waals surface area contributed by atoms with E-state index in [1.165, 1.54) is 12.0 Å². The molecule has 6 rings (SSSR count). The first kappa shape index (κ1) is 23.0. The van der Waals surface area contributed by atoms with E-state index in [9.17, 15) is 13.2 Å². The summed E-state index contributed by atoms with van der Waals surface area (Å²) in [5, 5.41) is -1.19. The van der Waals surface area contributed by atoms with Crippen LogP contribution in [0.25, 0.3) is 0 Å². The van der Waals surface area contributed by atoms with E-state index in [-0.39, 0.29) is 4.90 Å². The van der Waals surface area contributed by atoms with Crippen molar-refractivity contribution >= 4 is 15.9 Å². The molecule has 1 amide bonds. The second-order valence-electron chi connectivity index (χ2n) is 9.10. The van der Waals surface area contributed by atoms with Gasteiger partial charge in [0.2, 0.25) is 5.79 Å². The first-order valence-corrected chi connectivity index (χ1v) is 13.3. The maximum atomic E-state index is 14.2. The van der Waals surface area contributed by atoms with Gasteiger partial charge in [0.25, 0.3) is 0 Å². The van der Waals surface area contributed by atoms with Crippen molar-refractivity contribution in [2.24, 2.45) is 0 Å². The summed E-state index contributed by atoms with van der Waals surface area (Å²) in [4.78, 5) is 14.4. The fourth-order valence-electron chi connectivity index (χ4n) is 5.66. The molecule has 36 heavy (non-hydrogen) atoms. The second-order valence-corrected chi connectivity index (χ2v) is 11.2. The predicted octanol–water partition coefficient (Wildman–Crippen LogP) is 4.44. The summed E-state index contributed by atoms with van der Waals surface area (Å²) in [7, 11) is -2.72. The van der Waals surface area contributed by atoms with E-state index in [0.717, 1.165) is 11.1 Å². The normalized spacial score (nSPS) is 28.0. The van der Waals surface area contributed by atoms with E-state index in [2.05, 4.69) is 0 Å². The number of carbonyl (C=O) groups is 1. The van der Waals surface area contributed by atoms with Crippen LogP contribution in [0.5, 0.6) is 0 Å². The molecule has 3 aromatic rings. The highest BCUT2D eigenvalue weighted by Crippen LogP contribution is 2.58. The molecule has 3 aliphatic heterocycles. The number of hydrogen-bond donors (Lipinski definition) is 0. The van der Waals surface area contributed by atoms with Gasteiger partial charge in [-0.15, -0.1) is 0 Å². The molecule has 184 valence electrons. The van der Waals surface area contributed by atoms with Gasteiger partial charge >= 0.3 is 6.09 Å². The number of carbonyl (C=O) groups excluding carboxylic acids is 1. The van der Waals surface area contributed by atoms with Crippen LogP contribution in [0.3, 0.4) is 0 Å². The third kappa shape index (κ3) is 3.32. The Hall–Kier alpha value is -3.46. The minimum atomic E-state index is -4.00. The van der Waals surface area contributed by atoms with Crippen molar-refractivity contribution in [3.05, 3.63) is 114 Å². The van der Waals surface area contributed by atoms with Crippen LogP contribution in [0.1, 0.15) is 23.3 Å². The third-order valence-corrected chi connectivity index (χ3v) is 9.38. The van der Waals surface area contributed by atoms with Crippen LogP contribution in [0.4, 0.5) is 4.79 Å². The molecular weight excluding hydrogens is 478 g/mol. The molecule has 1 spiro atoms. The van der Waals surface area contributed by atoms with E-state index >= 15 is 0 Å². The number of fused-ring (bicyclic) bond motifs is 3. The average molecular weight is 504 g/mol. The number of rotatable bonds is 4. The molecular formula is C28H25NO6S. The van der Waals surface area contributed by atoms with Crippen LogP contribution in [-0.4, -0.2) is 49.6 Å². The van der Waals surface area contributed by atoms with Crippen LogP contribution in [-0.2, 0) is 24.0 Å². The van der Waals surface area contributed by atoms with Gasteiger partial charge in [0, 0.05) is 0 Å². The lowest BCUT2D eigenvalue weighted by atomic mass is 9.99. The molecule has 0 unspecified atom stereocenters. The van der Waals surface area contributed by atoms with Gasteiger partial charge in [0.15, 0.2) is 9.84 Å². The predicted molar refractivity (Wildman–Crippen MR) is 132 cm³/mol. The van der Waals surface area contributed by atoms with E-state index in [1.807, 2.05) is 60.7 Å². The van der Waals surface area contributed by atoms with Crippen molar-refractivity contribution < 1.29 is 27.4 Å². The molecule has 3 aliphatic rings. The van der Waals surface area contributed by atoms with Gasteiger partial charge in [0.1, 0.15) is 23.5 Å². The number of amides is 1. The molecule has 3 aromatic carbocycles. The van der Waals surface area contributed by atoms with Crippen molar-refractivity contribution in [2.75, 3.05) is 7.11 Å². The van der Waals surface area contributed by atoms with Gasteiger partial charge in [-0.05, 0) is 23.3 Å². The van der Waals surface area contributed by atoms with Gasteiger partial charge < -0.3 is 14.2 Å². The Balaban J connectivity index is 1.53. The van der Waals surface area contributed by atoms with Crippen molar-refractivity contribution in [3.63, 3.8) is 0 Å². The first-order valence-electron chi connectivity index (χ1n) is 11.8. The van der Waals surface area contributed by atoms with Crippen molar-refractivity contribution in [1.29, 1.82) is 0 Å². The number of sulfone groups is 1. The SMILES string of the molecule is COC(=O)N1[C@H]2C=C[C@@H]1C1(O[C@H](c3ccccc3)[C@@H](c3ccccc3)O1)[C@H]2S(=O)(=O)c1ccccc1. The Morgan fingerprint density at radius 2 is 1.31 bits per heavy atom. The van der Waals surface area contributed by atoms with Crippen LogP contribution >= 0.6 is 0 Å². The van der Waals surface area contributed by atoms with Crippen LogP contribution in [0.15, 0.2) is 108 Å². The minimum Gasteiger partial charge on any atom is -0.453 e. The fourth-order valence-corrected chi connectivity index (χ4v) is 7.76. The summed E-state index contributed by atoms with van der Waals surface area (Å²) in [6.45, 7) is 0. The Morgan fingerprint density at radius 1 is 0.806 bits per heavy atom. The molecule has 3 heterocycles. The van der Waals surface area contributed by atoms with Crippen molar-refractivity contribution in [2.45, 2.75) is 40.2 Å². The molecule has 0 aliphatic carbocycles. The molecule has 0 radical (unpaired) electrons. The van der Waals surface area contributed by atoms with Gasteiger partial charge in [-0.1, -0.05) is 91.0 Å². The fraction of sp³-hybridized carbons (Fsp3) is 0.250. The number of hydrogen-bond acceptors (Lipinski definition) is 6. The first-order chi connectivity index (χ1) is 17.5. The molecule has 0 N–H and O–H groups in total. The quantitative estimate of drug-likeness (QED) is 0.490. The average Bonchev–Trinajstić information content (AvgIpc) is 3.60. The number of methoxy groups -OCH3 is 1. The largest absolute Gasteiger partial charge is 0.453 e. The van der Waals surface area contributed by atoms with E-state index in [0.29, 0.717) is 0 Å². The minimum absolute atomic E-state index is 0.145. The summed E-state index contributed by atoms with van der Waals surface area (Å²) < 4.78 is 46.8.